The van der Waals surface area contributed by atoms with Crippen LogP contribution in [0.5, 0.6) is 5.75 Å². The highest BCUT2D eigenvalue weighted by Crippen LogP contribution is 2.34. The van der Waals surface area contributed by atoms with E-state index in [2.05, 4.69) is 36.9 Å². The summed E-state index contributed by atoms with van der Waals surface area (Å²) >= 11 is 0. The van der Waals surface area contributed by atoms with Gasteiger partial charge in [-0.15, -0.1) is 0 Å². The van der Waals surface area contributed by atoms with E-state index in [1.54, 1.807) is 4.90 Å². The quantitative estimate of drug-likeness (QED) is 0.678. The zero-order valence-corrected chi connectivity index (χ0v) is 18.6. The first-order valence-electron chi connectivity index (χ1n) is 11.0. The molecular formula is C24H32N4O2. The zero-order chi connectivity index (χ0) is 21.3. The Morgan fingerprint density at radius 2 is 2.00 bits per heavy atom. The molecule has 160 valence electrons. The second-order valence-electron chi connectivity index (χ2n) is 8.59. The van der Waals surface area contributed by atoms with Gasteiger partial charge in [-0.3, -0.25) is 14.6 Å². The summed E-state index contributed by atoms with van der Waals surface area (Å²) in [6.45, 7) is 8.95. The molecule has 6 heteroatoms. The van der Waals surface area contributed by atoms with Crippen LogP contribution in [0, 0.1) is 20.8 Å². The SMILES string of the molecule is Cc1ccc(C)c(OCCCN2CCCC2c2nc(C)c3c(n2)N(C)C(=O)CC3)c1. The fourth-order valence-electron chi connectivity index (χ4n) is 4.54. The summed E-state index contributed by atoms with van der Waals surface area (Å²) in [5.74, 6) is 2.78. The van der Waals surface area contributed by atoms with Crippen LogP contribution in [-0.2, 0) is 11.2 Å². The van der Waals surface area contributed by atoms with Crippen LogP contribution in [0.2, 0.25) is 0 Å². The van der Waals surface area contributed by atoms with E-state index in [-0.39, 0.29) is 11.9 Å². The molecule has 0 radical (unpaired) electrons. The molecule has 1 aromatic carbocycles. The van der Waals surface area contributed by atoms with Gasteiger partial charge in [0.1, 0.15) is 17.4 Å². The molecule has 0 saturated carbocycles. The smallest absolute Gasteiger partial charge is 0.228 e. The minimum atomic E-state index is 0.137. The number of fused-ring (bicyclic) bond motifs is 1. The van der Waals surface area contributed by atoms with Crippen molar-refractivity contribution in [2.45, 2.75) is 58.9 Å². The van der Waals surface area contributed by atoms with E-state index in [4.69, 9.17) is 14.7 Å². The van der Waals surface area contributed by atoms with E-state index < -0.39 is 0 Å². The number of hydrogen-bond donors (Lipinski definition) is 0. The lowest BCUT2D eigenvalue weighted by atomic mass is 10.0. The monoisotopic (exact) mass is 408 g/mol. The Bertz CT molecular complexity index is 943. The topological polar surface area (TPSA) is 58.6 Å². The number of nitrogens with zero attached hydrogens (tertiary/aromatic N) is 4. The van der Waals surface area contributed by atoms with E-state index >= 15 is 0 Å². The molecule has 1 unspecified atom stereocenters. The number of anilines is 1. The van der Waals surface area contributed by atoms with Gasteiger partial charge >= 0.3 is 0 Å². The highest BCUT2D eigenvalue weighted by Gasteiger charge is 2.31. The maximum atomic E-state index is 12.1. The second kappa shape index (κ2) is 8.72. The van der Waals surface area contributed by atoms with Crippen molar-refractivity contribution in [2.75, 3.05) is 31.6 Å². The van der Waals surface area contributed by atoms with Gasteiger partial charge in [-0.05, 0) is 70.2 Å². The highest BCUT2D eigenvalue weighted by atomic mass is 16.5. The van der Waals surface area contributed by atoms with Crippen LogP contribution in [0.25, 0.3) is 0 Å². The summed E-state index contributed by atoms with van der Waals surface area (Å²) in [6, 6.07) is 6.55. The Morgan fingerprint density at radius 3 is 2.83 bits per heavy atom. The Hall–Kier alpha value is -2.47. The summed E-state index contributed by atoms with van der Waals surface area (Å²) in [5, 5.41) is 0. The summed E-state index contributed by atoms with van der Waals surface area (Å²) in [7, 11) is 1.83. The third-order valence-corrected chi connectivity index (χ3v) is 6.34. The number of rotatable bonds is 6. The van der Waals surface area contributed by atoms with Crippen LogP contribution in [0.3, 0.4) is 0 Å². The number of amides is 1. The van der Waals surface area contributed by atoms with E-state index in [0.29, 0.717) is 13.0 Å². The molecular weight excluding hydrogens is 376 g/mol. The van der Waals surface area contributed by atoms with E-state index in [9.17, 15) is 4.79 Å². The van der Waals surface area contributed by atoms with Crippen molar-refractivity contribution < 1.29 is 9.53 Å². The lowest BCUT2D eigenvalue weighted by Crippen LogP contribution is -2.34. The third-order valence-electron chi connectivity index (χ3n) is 6.34. The molecule has 0 spiro atoms. The summed E-state index contributed by atoms with van der Waals surface area (Å²) < 4.78 is 6.04. The van der Waals surface area contributed by atoms with Gasteiger partial charge < -0.3 is 4.74 Å². The molecule has 0 aliphatic carbocycles. The minimum Gasteiger partial charge on any atom is -0.493 e. The maximum absolute atomic E-state index is 12.1. The molecule has 2 aliphatic rings. The van der Waals surface area contributed by atoms with Gasteiger partial charge in [0.25, 0.3) is 0 Å². The Balaban J connectivity index is 1.41. The lowest BCUT2D eigenvalue weighted by molar-refractivity contribution is -0.118. The first kappa shape index (κ1) is 20.8. The first-order chi connectivity index (χ1) is 14.4. The average Bonchev–Trinajstić information content (AvgIpc) is 3.19. The minimum absolute atomic E-state index is 0.137. The standard InChI is InChI=1S/C24H32N4O2/c1-16-8-9-17(2)21(15-16)30-14-6-13-28-12-5-7-20(28)23-25-18(3)19-10-11-22(29)27(4)24(19)26-23/h8-9,15,20H,5-7,10-14H2,1-4H3. The van der Waals surface area contributed by atoms with Crippen molar-refractivity contribution in [3.05, 3.63) is 46.4 Å². The first-order valence-corrected chi connectivity index (χ1v) is 11.0. The number of carbonyl (C=O) groups excluding carboxylic acids is 1. The van der Waals surface area contributed by atoms with Gasteiger partial charge in [0, 0.05) is 31.3 Å². The molecule has 6 nitrogen and oxygen atoms in total. The van der Waals surface area contributed by atoms with Crippen molar-refractivity contribution in [1.29, 1.82) is 0 Å². The molecule has 4 rings (SSSR count). The summed E-state index contributed by atoms with van der Waals surface area (Å²) in [6.07, 6.45) is 4.47. The number of likely N-dealkylation sites (tertiary alicyclic amines) is 1. The molecule has 0 bridgehead atoms. The predicted molar refractivity (Wildman–Crippen MR) is 118 cm³/mol. The number of carbonyl (C=O) groups is 1. The Kier molecular flexibility index (Phi) is 6.04. The number of ether oxygens (including phenoxy) is 1. The van der Waals surface area contributed by atoms with E-state index in [1.807, 2.05) is 14.0 Å². The van der Waals surface area contributed by atoms with Gasteiger partial charge in [-0.1, -0.05) is 12.1 Å². The summed E-state index contributed by atoms with van der Waals surface area (Å²) in [5.41, 5.74) is 4.53. The fraction of sp³-hybridized carbons (Fsp3) is 0.542. The molecule has 3 heterocycles. The lowest BCUT2D eigenvalue weighted by Gasteiger charge is -2.28. The fourth-order valence-corrected chi connectivity index (χ4v) is 4.54. The van der Waals surface area contributed by atoms with Gasteiger partial charge in [-0.25, -0.2) is 9.97 Å². The van der Waals surface area contributed by atoms with Crippen molar-refractivity contribution >= 4 is 11.7 Å². The van der Waals surface area contributed by atoms with E-state index in [0.717, 1.165) is 67.4 Å². The molecule has 2 aliphatic heterocycles. The summed E-state index contributed by atoms with van der Waals surface area (Å²) in [4.78, 5) is 26.0. The molecule has 2 aromatic rings. The van der Waals surface area contributed by atoms with Crippen molar-refractivity contribution in [1.82, 2.24) is 14.9 Å². The molecule has 1 aromatic heterocycles. The number of hydrogen-bond acceptors (Lipinski definition) is 5. The molecule has 1 saturated heterocycles. The second-order valence-corrected chi connectivity index (χ2v) is 8.59. The molecule has 0 N–H and O–H groups in total. The largest absolute Gasteiger partial charge is 0.493 e. The molecule has 1 amide bonds. The Morgan fingerprint density at radius 1 is 1.17 bits per heavy atom. The van der Waals surface area contributed by atoms with Gasteiger partial charge in [-0.2, -0.15) is 0 Å². The molecule has 1 fully saturated rings. The van der Waals surface area contributed by atoms with Gasteiger partial charge in [0.15, 0.2) is 0 Å². The Labute approximate surface area is 179 Å². The normalized spacial score (nSPS) is 19.3. The van der Waals surface area contributed by atoms with Gasteiger partial charge in [0.05, 0.1) is 12.6 Å². The van der Waals surface area contributed by atoms with E-state index in [1.165, 1.54) is 11.1 Å². The zero-order valence-electron chi connectivity index (χ0n) is 18.6. The number of aryl methyl sites for hydroxylation is 3. The van der Waals surface area contributed by atoms with Crippen LogP contribution in [-0.4, -0.2) is 47.5 Å². The van der Waals surface area contributed by atoms with Crippen molar-refractivity contribution in [3.8, 4) is 5.75 Å². The van der Waals surface area contributed by atoms with Gasteiger partial charge in [0.2, 0.25) is 5.91 Å². The van der Waals surface area contributed by atoms with Crippen molar-refractivity contribution in [2.24, 2.45) is 0 Å². The molecule has 30 heavy (non-hydrogen) atoms. The third kappa shape index (κ3) is 4.19. The van der Waals surface area contributed by atoms with Crippen molar-refractivity contribution in [3.63, 3.8) is 0 Å². The van der Waals surface area contributed by atoms with Crippen LogP contribution < -0.4 is 9.64 Å². The maximum Gasteiger partial charge on any atom is 0.228 e. The van der Waals surface area contributed by atoms with Crippen LogP contribution >= 0.6 is 0 Å². The highest BCUT2D eigenvalue weighted by molar-refractivity contribution is 5.94. The van der Waals surface area contributed by atoms with Crippen LogP contribution in [0.1, 0.15) is 59.9 Å². The average molecular weight is 409 g/mol. The number of benzene rings is 1. The number of aromatic nitrogens is 2. The van der Waals surface area contributed by atoms with Crippen LogP contribution in [0.15, 0.2) is 18.2 Å². The van der Waals surface area contributed by atoms with Crippen LogP contribution in [0.4, 0.5) is 5.82 Å². The predicted octanol–water partition coefficient (Wildman–Crippen LogP) is 3.92. The molecule has 1 atom stereocenters.